The highest BCUT2D eigenvalue weighted by atomic mass is 79.9. The number of nitrogens with zero attached hydrogens (tertiary/aromatic N) is 2. The molecule has 0 aliphatic heterocycles. The summed E-state index contributed by atoms with van der Waals surface area (Å²) < 4.78 is 0.739. The van der Waals surface area contributed by atoms with Gasteiger partial charge in [-0.3, -0.25) is 4.79 Å². The van der Waals surface area contributed by atoms with Crippen LogP contribution in [0.25, 0.3) is 0 Å². The quantitative estimate of drug-likeness (QED) is 0.741. The zero-order valence-corrected chi connectivity index (χ0v) is 12.6. The fourth-order valence-corrected chi connectivity index (χ4v) is 2.05. The van der Waals surface area contributed by atoms with Crippen LogP contribution in [0.3, 0.4) is 0 Å². The van der Waals surface area contributed by atoms with Gasteiger partial charge in [0.1, 0.15) is 28.5 Å². The Hall–Kier alpha value is -1.37. The third kappa shape index (κ3) is 3.79. The van der Waals surface area contributed by atoms with Gasteiger partial charge in [-0.25, -0.2) is 9.97 Å². The lowest BCUT2D eigenvalue weighted by atomic mass is 10.3. The third-order valence-corrected chi connectivity index (χ3v) is 3.56. The van der Waals surface area contributed by atoms with E-state index >= 15 is 0 Å². The van der Waals surface area contributed by atoms with Gasteiger partial charge in [-0.2, -0.15) is 0 Å². The lowest BCUT2D eigenvalue weighted by Gasteiger charge is -2.16. The third-order valence-electron chi connectivity index (χ3n) is 2.80. The maximum absolute atomic E-state index is 11.9. The zero-order valence-electron chi connectivity index (χ0n) is 11.0. The largest absolute Gasteiger partial charge is 0.369 e. The molecule has 1 saturated carbocycles. The minimum absolute atomic E-state index is 0.00184. The van der Waals surface area contributed by atoms with Gasteiger partial charge in [0.25, 0.3) is 0 Å². The summed E-state index contributed by atoms with van der Waals surface area (Å²) >= 11 is 3.44. The van der Waals surface area contributed by atoms with Crippen molar-refractivity contribution in [2.24, 2.45) is 0 Å². The molecular weight excluding hydrogens is 310 g/mol. The first kappa shape index (κ1) is 14.0. The van der Waals surface area contributed by atoms with Gasteiger partial charge in [0.15, 0.2) is 0 Å². The molecule has 7 heteroatoms. The van der Waals surface area contributed by atoms with Crippen molar-refractivity contribution in [3.63, 3.8) is 0 Å². The van der Waals surface area contributed by atoms with Crippen molar-refractivity contribution in [1.29, 1.82) is 0 Å². The van der Waals surface area contributed by atoms with Crippen LogP contribution in [-0.4, -0.2) is 34.5 Å². The second-order valence-electron chi connectivity index (χ2n) is 4.56. The highest BCUT2D eigenvalue weighted by Gasteiger charge is 2.26. The Balaban J connectivity index is 2.00. The molecule has 1 aromatic heterocycles. The summed E-state index contributed by atoms with van der Waals surface area (Å²) in [6.07, 6.45) is 3.64. The molecular formula is C12H18BrN5O. The smallest absolute Gasteiger partial charge is 0.242 e. The summed E-state index contributed by atoms with van der Waals surface area (Å²) in [7, 11) is 0. The predicted octanol–water partition coefficient (Wildman–Crippen LogP) is 1.75. The molecule has 3 N–H and O–H groups in total. The van der Waals surface area contributed by atoms with Crippen molar-refractivity contribution < 1.29 is 4.79 Å². The maximum atomic E-state index is 11.9. The number of halogens is 1. The second kappa shape index (κ2) is 6.18. The average Bonchev–Trinajstić information content (AvgIpc) is 3.18. The first-order valence-electron chi connectivity index (χ1n) is 6.43. The molecule has 0 saturated heterocycles. The normalized spacial score (nSPS) is 15.7. The number of carbonyl (C=O) groups excluding carboxylic acids is 1. The van der Waals surface area contributed by atoms with Crippen LogP contribution in [0.2, 0.25) is 0 Å². The van der Waals surface area contributed by atoms with Crippen molar-refractivity contribution in [1.82, 2.24) is 15.3 Å². The molecule has 19 heavy (non-hydrogen) atoms. The Morgan fingerprint density at radius 2 is 2.16 bits per heavy atom. The van der Waals surface area contributed by atoms with E-state index in [2.05, 4.69) is 41.8 Å². The van der Waals surface area contributed by atoms with Crippen LogP contribution in [0.4, 0.5) is 11.6 Å². The molecule has 1 unspecified atom stereocenters. The molecule has 1 amide bonds. The van der Waals surface area contributed by atoms with E-state index in [1.807, 2.05) is 13.8 Å². The SMILES string of the molecule is CCNc1ncnc(NC(C)C(=O)NC2CC2)c1Br. The minimum Gasteiger partial charge on any atom is -0.369 e. The van der Waals surface area contributed by atoms with E-state index in [0.29, 0.717) is 11.9 Å². The second-order valence-corrected chi connectivity index (χ2v) is 5.36. The van der Waals surface area contributed by atoms with Crippen molar-refractivity contribution in [3.8, 4) is 0 Å². The molecule has 0 aromatic carbocycles. The van der Waals surface area contributed by atoms with Crippen molar-refractivity contribution in [3.05, 3.63) is 10.8 Å². The Morgan fingerprint density at radius 1 is 1.47 bits per heavy atom. The van der Waals surface area contributed by atoms with Crippen molar-refractivity contribution >= 4 is 33.5 Å². The summed E-state index contributed by atoms with van der Waals surface area (Å²) in [5, 5.41) is 9.17. The first-order chi connectivity index (χ1) is 9.11. The molecule has 0 spiro atoms. The van der Waals surface area contributed by atoms with Crippen LogP contribution in [0.1, 0.15) is 26.7 Å². The Bertz CT molecular complexity index is 463. The monoisotopic (exact) mass is 327 g/mol. The highest BCUT2D eigenvalue weighted by Crippen LogP contribution is 2.27. The molecule has 6 nitrogen and oxygen atoms in total. The highest BCUT2D eigenvalue weighted by molar-refractivity contribution is 9.10. The Morgan fingerprint density at radius 3 is 2.79 bits per heavy atom. The van der Waals surface area contributed by atoms with Crippen LogP contribution >= 0.6 is 15.9 Å². The molecule has 0 bridgehead atoms. The van der Waals surface area contributed by atoms with Gasteiger partial charge < -0.3 is 16.0 Å². The van der Waals surface area contributed by atoms with E-state index in [0.717, 1.165) is 29.7 Å². The van der Waals surface area contributed by atoms with Gasteiger partial charge in [0.2, 0.25) is 5.91 Å². The van der Waals surface area contributed by atoms with Crippen LogP contribution < -0.4 is 16.0 Å². The topological polar surface area (TPSA) is 78.9 Å². The molecule has 1 aliphatic carbocycles. The summed E-state index contributed by atoms with van der Waals surface area (Å²) in [4.78, 5) is 20.2. The fraction of sp³-hybridized carbons (Fsp3) is 0.583. The van der Waals surface area contributed by atoms with Gasteiger partial charge in [0.05, 0.1) is 0 Å². The van der Waals surface area contributed by atoms with Crippen LogP contribution in [0.5, 0.6) is 0 Å². The summed E-state index contributed by atoms with van der Waals surface area (Å²) in [5.41, 5.74) is 0. The van der Waals surface area contributed by atoms with Gasteiger partial charge in [-0.15, -0.1) is 0 Å². The minimum atomic E-state index is -0.332. The number of amides is 1. The maximum Gasteiger partial charge on any atom is 0.242 e. The summed E-state index contributed by atoms with van der Waals surface area (Å²) in [5.74, 6) is 1.33. The van der Waals surface area contributed by atoms with E-state index in [9.17, 15) is 4.79 Å². The zero-order chi connectivity index (χ0) is 13.8. The summed E-state index contributed by atoms with van der Waals surface area (Å²) in [6, 6.07) is 0.0317. The molecule has 1 fully saturated rings. The number of anilines is 2. The fourth-order valence-electron chi connectivity index (χ4n) is 1.59. The lowest BCUT2D eigenvalue weighted by Crippen LogP contribution is -2.39. The van der Waals surface area contributed by atoms with Crippen LogP contribution in [-0.2, 0) is 4.79 Å². The van der Waals surface area contributed by atoms with Crippen LogP contribution in [0, 0.1) is 0 Å². The van der Waals surface area contributed by atoms with E-state index in [4.69, 9.17) is 0 Å². The number of rotatable bonds is 6. The molecule has 2 rings (SSSR count). The predicted molar refractivity (Wildman–Crippen MR) is 78.1 cm³/mol. The van der Waals surface area contributed by atoms with Gasteiger partial charge in [0, 0.05) is 12.6 Å². The van der Waals surface area contributed by atoms with Gasteiger partial charge in [-0.05, 0) is 42.6 Å². The van der Waals surface area contributed by atoms with Gasteiger partial charge in [-0.1, -0.05) is 0 Å². The number of hydrogen-bond donors (Lipinski definition) is 3. The molecule has 1 aromatic rings. The first-order valence-corrected chi connectivity index (χ1v) is 7.22. The molecule has 1 heterocycles. The molecule has 104 valence electrons. The Kier molecular flexibility index (Phi) is 4.57. The standard InChI is InChI=1S/C12H18BrN5O/c1-3-14-10-9(13)11(16-6-15-10)17-7(2)12(19)18-8-4-5-8/h6-8H,3-5H2,1-2H3,(H,18,19)(H2,14,15,16,17). The Labute approximate surface area is 120 Å². The molecule has 0 radical (unpaired) electrons. The lowest BCUT2D eigenvalue weighted by molar-refractivity contribution is -0.121. The van der Waals surface area contributed by atoms with Crippen molar-refractivity contribution in [2.45, 2.75) is 38.8 Å². The van der Waals surface area contributed by atoms with E-state index < -0.39 is 0 Å². The van der Waals surface area contributed by atoms with E-state index in [-0.39, 0.29) is 11.9 Å². The number of hydrogen-bond acceptors (Lipinski definition) is 5. The average molecular weight is 328 g/mol. The van der Waals surface area contributed by atoms with Gasteiger partial charge >= 0.3 is 0 Å². The number of nitrogens with one attached hydrogen (secondary N) is 3. The van der Waals surface area contributed by atoms with E-state index in [1.165, 1.54) is 6.33 Å². The van der Waals surface area contributed by atoms with E-state index in [1.54, 1.807) is 0 Å². The van der Waals surface area contributed by atoms with Crippen LogP contribution in [0.15, 0.2) is 10.8 Å². The number of carbonyl (C=O) groups is 1. The summed E-state index contributed by atoms with van der Waals surface area (Å²) in [6.45, 7) is 4.58. The van der Waals surface area contributed by atoms with Crippen molar-refractivity contribution in [2.75, 3.05) is 17.2 Å². The molecule has 1 atom stereocenters. The number of aromatic nitrogens is 2. The molecule has 1 aliphatic rings.